The van der Waals surface area contributed by atoms with Crippen LogP contribution in [0.15, 0.2) is 67.1 Å². The lowest BCUT2D eigenvalue weighted by atomic mass is 9.96. The molecule has 0 bridgehead atoms. The Morgan fingerprint density at radius 3 is 2.59 bits per heavy atom. The number of anilines is 2. The molecule has 0 N–H and O–H groups in total. The first kappa shape index (κ1) is 20.2. The van der Waals surface area contributed by atoms with E-state index in [-0.39, 0.29) is 11.7 Å². The lowest BCUT2D eigenvalue weighted by Crippen LogP contribution is -2.27. The maximum absolute atomic E-state index is 14.5. The fourth-order valence-corrected chi connectivity index (χ4v) is 4.24. The summed E-state index contributed by atoms with van der Waals surface area (Å²) in [5.74, 6) is 1.25. The number of hydrogen-bond donors (Lipinski definition) is 0. The highest BCUT2D eigenvalue weighted by Gasteiger charge is 2.27. The molecule has 1 aliphatic rings. The van der Waals surface area contributed by atoms with E-state index in [0.717, 1.165) is 22.8 Å². The second-order valence-corrected chi connectivity index (χ2v) is 8.41. The first-order valence-electron chi connectivity index (χ1n) is 10.7. The van der Waals surface area contributed by atoms with E-state index in [0.29, 0.717) is 24.6 Å². The van der Waals surface area contributed by atoms with Crippen molar-refractivity contribution < 1.29 is 4.39 Å². The Labute approximate surface area is 187 Å². The van der Waals surface area contributed by atoms with E-state index in [1.54, 1.807) is 12.3 Å². The van der Waals surface area contributed by atoms with Gasteiger partial charge in [-0.3, -0.25) is 0 Å². The number of rotatable bonds is 5. The molecular formula is C25H25FN6. The predicted octanol–water partition coefficient (Wildman–Crippen LogP) is 5.01. The second-order valence-electron chi connectivity index (χ2n) is 8.41. The van der Waals surface area contributed by atoms with Gasteiger partial charge in [0.2, 0.25) is 0 Å². The minimum absolute atomic E-state index is 0.0372. The lowest BCUT2D eigenvalue weighted by molar-refractivity contribution is 0.599. The van der Waals surface area contributed by atoms with E-state index in [1.165, 1.54) is 11.6 Å². The van der Waals surface area contributed by atoms with Crippen LogP contribution in [0.1, 0.15) is 30.9 Å². The topological polar surface area (TPSA) is 50.1 Å². The molecule has 2 aromatic carbocycles. The third-order valence-electron chi connectivity index (χ3n) is 5.79. The second kappa shape index (κ2) is 8.07. The zero-order valence-corrected chi connectivity index (χ0v) is 18.4. The molecule has 6 nitrogen and oxygen atoms in total. The van der Waals surface area contributed by atoms with E-state index in [9.17, 15) is 4.39 Å². The summed E-state index contributed by atoms with van der Waals surface area (Å²) >= 11 is 0. The normalized spacial score (nSPS) is 13.2. The van der Waals surface area contributed by atoms with Gasteiger partial charge >= 0.3 is 0 Å². The largest absolute Gasteiger partial charge is 0.353 e. The first-order chi connectivity index (χ1) is 15.5. The summed E-state index contributed by atoms with van der Waals surface area (Å²) in [6.45, 7) is 5.41. The van der Waals surface area contributed by atoms with Crippen molar-refractivity contribution in [1.29, 1.82) is 0 Å². The maximum Gasteiger partial charge on any atom is 0.162 e. The molecule has 32 heavy (non-hydrogen) atoms. The van der Waals surface area contributed by atoms with Crippen LogP contribution in [0.2, 0.25) is 0 Å². The average Bonchev–Trinajstić information content (AvgIpc) is 3.42. The van der Waals surface area contributed by atoms with Crippen molar-refractivity contribution in [3.8, 4) is 17.1 Å². The maximum atomic E-state index is 14.5. The van der Waals surface area contributed by atoms with Gasteiger partial charge in [0.05, 0.1) is 24.2 Å². The first-order valence-corrected chi connectivity index (χ1v) is 10.7. The minimum Gasteiger partial charge on any atom is -0.353 e. The fraction of sp³-hybridized carbons (Fsp3) is 0.240. The van der Waals surface area contributed by atoms with Gasteiger partial charge in [0.1, 0.15) is 5.82 Å². The summed E-state index contributed by atoms with van der Waals surface area (Å²) in [5, 5.41) is 4.28. The van der Waals surface area contributed by atoms with Crippen LogP contribution < -0.4 is 9.80 Å². The summed E-state index contributed by atoms with van der Waals surface area (Å²) < 4.78 is 16.4. The molecule has 0 amide bonds. The fourth-order valence-electron chi connectivity index (χ4n) is 4.24. The highest BCUT2D eigenvalue weighted by atomic mass is 19.1. The molecule has 0 fully saturated rings. The van der Waals surface area contributed by atoms with Gasteiger partial charge in [-0.2, -0.15) is 5.10 Å². The molecule has 162 valence electrons. The van der Waals surface area contributed by atoms with Crippen LogP contribution in [-0.2, 0) is 6.54 Å². The Balaban J connectivity index is 1.46. The van der Waals surface area contributed by atoms with Crippen molar-refractivity contribution in [2.24, 2.45) is 0 Å². The Morgan fingerprint density at radius 2 is 1.88 bits per heavy atom. The Morgan fingerprint density at radius 1 is 1.06 bits per heavy atom. The summed E-state index contributed by atoms with van der Waals surface area (Å²) in [6.07, 6.45) is 5.54. The van der Waals surface area contributed by atoms with Gasteiger partial charge in [-0.05, 0) is 35.7 Å². The standard InChI is InChI=1S/C25H25FN6/c1-17(2)23-20(6-4-7-21(23)26)24-27-14-22-25(29-24)31(16-30(22)3)15-18-8-10-19(11-9-18)32-13-5-12-28-32/h4-14,17H,15-16H2,1-3H3. The minimum atomic E-state index is -0.215. The van der Waals surface area contributed by atoms with Crippen LogP contribution in [0.5, 0.6) is 0 Å². The smallest absolute Gasteiger partial charge is 0.162 e. The average molecular weight is 429 g/mol. The van der Waals surface area contributed by atoms with Gasteiger partial charge in [-0.1, -0.05) is 38.1 Å². The molecule has 7 heteroatoms. The van der Waals surface area contributed by atoms with Crippen LogP contribution in [-0.4, -0.2) is 33.5 Å². The Kier molecular flexibility index (Phi) is 5.09. The van der Waals surface area contributed by atoms with E-state index >= 15 is 0 Å². The number of halogens is 1. The number of nitrogens with zero attached hydrogens (tertiary/aromatic N) is 6. The summed E-state index contributed by atoms with van der Waals surface area (Å²) in [7, 11) is 2.03. The number of benzene rings is 2. The van der Waals surface area contributed by atoms with Gasteiger partial charge in [0.25, 0.3) is 0 Å². The van der Waals surface area contributed by atoms with Gasteiger partial charge in [0, 0.05) is 37.1 Å². The van der Waals surface area contributed by atoms with Crippen LogP contribution in [0, 0.1) is 5.82 Å². The van der Waals surface area contributed by atoms with Crippen molar-refractivity contribution in [3.05, 3.63) is 84.1 Å². The van der Waals surface area contributed by atoms with E-state index in [2.05, 4.69) is 44.1 Å². The van der Waals surface area contributed by atoms with Gasteiger partial charge in [0.15, 0.2) is 11.6 Å². The Hall–Kier alpha value is -3.74. The molecule has 3 heterocycles. The Bertz CT molecular complexity index is 1230. The monoisotopic (exact) mass is 428 g/mol. The highest BCUT2D eigenvalue weighted by Crippen LogP contribution is 2.37. The molecule has 4 aromatic rings. The summed E-state index contributed by atoms with van der Waals surface area (Å²) in [5.41, 5.74) is 4.58. The quantitative estimate of drug-likeness (QED) is 0.447. The molecule has 2 aromatic heterocycles. The van der Waals surface area contributed by atoms with E-state index in [4.69, 9.17) is 4.98 Å². The molecule has 1 aliphatic heterocycles. The van der Waals surface area contributed by atoms with Crippen LogP contribution >= 0.6 is 0 Å². The SMILES string of the molecule is CC(C)c1c(F)cccc1-c1ncc2c(n1)N(Cc1ccc(-n3cccn3)cc1)CN2C. The van der Waals surface area contributed by atoms with Crippen molar-refractivity contribution in [3.63, 3.8) is 0 Å². The van der Waals surface area contributed by atoms with Gasteiger partial charge in [-0.25, -0.2) is 19.0 Å². The number of fused-ring (bicyclic) bond motifs is 1. The van der Waals surface area contributed by atoms with Gasteiger partial charge < -0.3 is 9.80 Å². The lowest BCUT2D eigenvalue weighted by Gasteiger charge is -2.19. The van der Waals surface area contributed by atoms with Crippen molar-refractivity contribution >= 4 is 11.5 Å². The molecule has 0 atom stereocenters. The van der Waals surface area contributed by atoms with Crippen LogP contribution in [0.25, 0.3) is 17.1 Å². The molecule has 0 radical (unpaired) electrons. The molecule has 0 aliphatic carbocycles. The summed E-state index contributed by atoms with van der Waals surface area (Å²) in [6, 6.07) is 15.4. The number of aromatic nitrogens is 4. The molecule has 0 unspecified atom stereocenters. The van der Waals surface area contributed by atoms with E-state index in [1.807, 2.05) is 50.1 Å². The predicted molar refractivity (Wildman–Crippen MR) is 125 cm³/mol. The zero-order valence-electron chi connectivity index (χ0n) is 18.4. The van der Waals surface area contributed by atoms with E-state index < -0.39 is 0 Å². The van der Waals surface area contributed by atoms with Crippen molar-refractivity contribution in [2.75, 3.05) is 23.5 Å². The molecule has 5 rings (SSSR count). The molecular weight excluding hydrogens is 403 g/mol. The third kappa shape index (κ3) is 3.60. The number of hydrogen-bond acceptors (Lipinski definition) is 5. The highest BCUT2D eigenvalue weighted by molar-refractivity contribution is 5.74. The van der Waals surface area contributed by atoms with Crippen molar-refractivity contribution in [2.45, 2.75) is 26.3 Å². The molecule has 0 spiro atoms. The van der Waals surface area contributed by atoms with Gasteiger partial charge in [-0.15, -0.1) is 0 Å². The van der Waals surface area contributed by atoms with Crippen LogP contribution in [0.3, 0.4) is 0 Å². The molecule has 0 saturated heterocycles. The van der Waals surface area contributed by atoms with Crippen molar-refractivity contribution in [1.82, 2.24) is 19.7 Å². The third-order valence-corrected chi connectivity index (χ3v) is 5.79. The van der Waals surface area contributed by atoms with Crippen LogP contribution in [0.4, 0.5) is 15.9 Å². The zero-order chi connectivity index (χ0) is 22.2. The molecule has 0 saturated carbocycles. The summed E-state index contributed by atoms with van der Waals surface area (Å²) in [4.78, 5) is 13.8.